The van der Waals surface area contributed by atoms with E-state index >= 15 is 0 Å². The number of hydrogen-bond acceptors (Lipinski definition) is 7. The van der Waals surface area contributed by atoms with Crippen LogP contribution in [0.15, 0.2) is 30.3 Å². The van der Waals surface area contributed by atoms with Crippen LogP contribution < -0.4 is 8.37 Å². The first kappa shape index (κ1) is 21.7. The molecule has 0 aromatic heterocycles. The van der Waals surface area contributed by atoms with Crippen LogP contribution in [0, 0.1) is 0 Å². The van der Waals surface area contributed by atoms with E-state index in [1.165, 1.54) is 12.1 Å². The monoisotopic (exact) mass is 452 g/mol. The van der Waals surface area contributed by atoms with E-state index in [0.717, 1.165) is 12.1 Å². The average molecular weight is 452 g/mol. The summed E-state index contributed by atoms with van der Waals surface area (Å²) in [5.74, 6) is -3.25. The second-order valence-electron chi connectivity index (χ2n) is 4.92. The average Bonchev–Trinajstić information content (AvgIpc) is 2.52. The molecule has 0 bridgehead atoms. The Morgan fingerprint density at radius 2 is 1.32 bits per heavy atom. The number of aldehydes is 1. The van der Waals surface area contributed by atoms with Gasteiger partial charge in [-0.1, -0.05) is 24.3 Å². The Morgan fingerprint density at radius 1 is 0.821 bits per heavy atom. The summed E-state index contributed by atoms with van der Waals surface area (Å²) < 4.78 is 128. The highest BCUT2D eigenvalue weighted by Crippen LogP contribution is 2.41. The topological polar surface area (TPSA) is 104 Å². The van der Waals surface area contributed by atoms with Gasteiger partial charge in [0, 0.05) is 0 Å². The summed E-state index contributed by atoms with van der Waals surface area (Å²) in [6.45, 7) is 0. The quantitative estimate of drug-likeness (QED) is 0.297. The zero-order chi connectivity index (χ0) is 21.5. The van der Waals surface area contributed by atoms with Gasteiger partial charge in [-0.15, -0.1) is 0 Å². The Labute approximate surface area is 152 Å². The number of fused-ring (bicyclic) bond motifs is 1. The number of benzene rings is 2. The Kier molecular flexibility index (Phi) is 5.29. The van der Waals surface area contributed by atoms with E-state index in [9.17, 15) is 48.0 Å². The lowest BCUT2D eigenvalue weighted by atomic mass is 10.0. The van der Waals surface area contributed by atoms with E-state index in [2.05, 4.69) is 8.37 Å². The number of carbonyl (C=O) groups is 1. The first-order chi connectivity index (χ1) is 12.6. The zero-order valence-corrected chi connectivity index (χ0v) is 14.5. The summed E-state index contributed by atoms with van der Waals surface area (Å²) in [7, 11) is -12.9. The minimum absolute atomic E-state index is 0.145. The van der Waals surface area contributed by atoms with Crippen LogP contribution in [0.1, 0.15) is 10.4 Å². The van der Waals surface area contributed by atoms with Crippen LogP contribution in [0.5, 0.6) is 11.5 Å². The summed E-state index contributed by atoms with van der Waals surface area (Å²) in [6, 6.07) is 5.30. The zero-order valence-electron chi connectivity index (χ0n) is 12.9. The summed E-state index contributed by atoms with van der Waals surface area (Å²) in [4.78, 5) is 11.3. The molecule has 0 heterocycles. The van der Waals surface area contributed by atoms with Gasteiger partial charge in [0.1, 0.15) is 0 Å². The third kappa shape index (κ3) is 3.99. The number of alkyl halides is 6. The molecular weight excluding hydrogens is 446 g/mol. The normalized spacial score (nSPS) is 13.4. The molecule has 2 aromatic rings. The van der Waals surface area contributed by atoms with E-state index < -0.39 is 48.3 Å². The molecule has 0 aliphatic carbocycles. The minimum atomic E-state index is -6.48. The van der Waals surface area contributed by atoms with Crippen LogP contribution in [0.3, 0.4) is 0 Å². The Balaban J connectivity index is 2.83. The van der Waals surface area contributed by atoms with Crippen molar-refractivity contribution < 1.29 is 56.3 Å². The van der Waals surface area contributed by atoms with Gasteiger partial charge < -0.3 is 8.37 Å². The molecule has 2 aromatic carbocycles. The molecule has 15 heteroatoms. The summed E-state index contributed by atoms with van der Waals surface area (Å²) in [6.07, 6.45) is -0.226. The van der Waals surface area contributed by atoms with Gasteiger partial charge in [-0.05, 0) is 16.8 Å². The van der Waals surface area contributed by atoms with E-state index in [1.54, 1.807) is 0 Å². The van der Waals surface area contributed by atoms with E-state index in [0.29, 0.717) is 6.07 Å². The summed E-state index contributed by atoms with van der Waals surface area (Å²) in [5, 5.41) is -0.379. The van der Waals surface area contributed by atoms with Gasteiger partial charge in [0.15, 0.2) is 17.8 Å². The van der Waals surface area contributed by atoms with Crippen molar-refractivity contribution >= 4 is 37.3 Å². The van der Waals surface area contributed by atoms with Crippen molar-refractivity contribution in [1.29, 1.82) is 0 Å². The predicted molar refractivity (Wildman–Crippen MR) is 80.5 cm³/mol. The number of rotatable bonds is 5. The maximum Gasteiger partial charge on any atom is 0.534 e. The molecule has 0 spiro atoms. The molecule has 0 N–H and O–H groups in total. The molecular formula is C13H6F6O7S2. The van der Waals surface area contributed by atoms with Crippen molar-refractivity contribution in [3.05, 3.63) is 35.9 Å². The van der Waals surface area contributed by atoms with Crippen LogP contribution in [0.4, 0.5) is 26.3 Å². The molecule has 0 fully saturated rings. The highest BCUT2D eigenvalue weighted by atomic mass is 32.2. The molecule has 7 nitrogen and oxygen atoms in total. The largest absolute Gasteiger partial charge is 0.534 e. The first-order valence-corrected chi connectivity index (χ1v) is 9.45. The van der Waals surface area contributed by atoms with Gasteiger partial charge in [-0.2, -0.15) is 43.2 Å². The van der Waals surface area contributed by atoms with Gasteiger partial charge in [0.25, 0.3) is 0 Å². The van der Waals surface area contributed by atoms with Gasteiger partial charge in [-0.25, -0.2) is 0 Å². The maximum absolute atomic E-state index is 12.6. The number of carbonyl (C=O) groups excluding carboxylic acids is 1. The molecule has 0 unspecified atom stereocenters. The Hall–Kier alpha value is -2.55. The lowest BCUT2D eigenvalue weighted by Crippen LogP contribution is -2.30. The maximum atomic E-state index is 12.6. The van der Waals surface area contributed by atoms with E-state index in [1.807, 2.05) is 0 Å². The molecule has 0 atom stereocenters. The first-order valence-electron chi connectivity index (χ1n) is 6.63. The predicted octanol–water partition coefficient (Wildman–Crippen LogP) is 3.11. The van der Waals surface area contributed by atoms with Gasteiger partial charge >= 0.3 is 31.3 Å². The highest BCUT2D eigenvalue weighted by molar-refractivity contribution is 7.88. The van der Waals surface area contributed by atoms with Crippen molar-refractivity contribution in [1.82, 2.24) is 0 Å². The molecule has 154 valence electrons. The molecule has 0 amide bonds. The molecule has 0 saturated carbocycles. The minimum Gasteiger partial charge on any atom is -0.372 e. The second-order valence-corrected chi connectivity index (χ2v) is 8.00. The molecule has 28 heavy (non-hydrogen) atoms. The van der Waals surface area contributed by atoms with Crippen molar-refractivity contribution in [2.24, 2.45) is 0 Å². The Bertz CT molecular complexity index is 1130. The fourth-order valence-corrected chi connectivity index (χ4v) is 2.86. The lowest BCUT2D eigenvalue weighted by Gasteiger charge is -2.17. The third-order valence-electron chi connectivity index (χ3n) is 3.08. The van der Waals surface area contributed by atoms with Gasteiger partial charge in [0.05, 0.1) is 5.56 Å². The molecule has 2 rings (SSSR count). The second kappa shape index (κ2) is 6.80. The van der Waals surface area contributed by atoms with Crippen LogP contribution >= 0.6 is 0 Å². The fraction of sp³-hybridized carbons (Fsp3) is 0.154. The van der Waals surface area contributed by atoms with Crippen molar-refractivity contribution in [2.75, 3.05) is 0 Å². The third-order valence-corrected chi connectivity index (χ3v) is 5.00. The van der Waals surface area contributed by atoms with Crippen molar-refractivity contribution in [3.8, 4) is 11.5 Å². The van der Waals surface area contributed by atoms with E-state index in [4.69, 9.17) is 0 Å². The highest BCUT2D eigenvalue weighted by Gasteiger charge is 2.51. The van der Waals surface area contributed by atoms with Gasteiger partial charge in [-0.3, -0.25) is 4.79 Å². The lowest BCUT2D eigenvalue weighted by molar-refractivity contribution is -0.0513. The van der Waals surface area contributed by atoms with Crippen molar-refractivity contribution in [3.63, 3.8) is 0 Å². The van der Waals surface area contributed by atoms with E-state index in [-0.39, 0.29) is 17.1 Å². The van der Waals surface area contributed by atoms with Crippen molar-refractivity contribution in [2.45, 2.75) is 11.0 Å². The van der Waals surface area contributed by atoms with Crippen LogP contribution in [0.2, 0.25) is 0 Å². The number of halogens is 6. The summed E-state index contributed by atoms with van der Waals surface area (Å²) >= 11 is 0. The van der Waals surface area contributed by atoms with Crippen LogP contribution in [-0.2, 0) is 20.2 Å². The molecule has 0 aliphatic heterocycles. The SMILES string of the molecule is O=Cc1c(OS(=O)(=O)C(F)(F)F)c(OS(=O)(=O)C(F)(F)F)cc2ccccc12. The molecule has 0 radical (unpaired) electrons. The van der Waals surface area contributed by atoms with Gasteiger partial charge in [0.2, 0.25) is 0 Å². The molecule has 0 aliphatic rings. The standard InChI is InChI=1S/C13H6F6O7S2/c14-12(15,16)27(21,22)25-10-5-7-3-1-2-4-8(7)9(6-20)11(10)26-28(23,24)13(17,18)19/h1-6H. The fourth-order valence-electron chi connectivity index (χ4n) is 1.92. The number of hydrogen-bond donors (Lipinski definition) is 0. The van der Waals surface area contributed by atoms with Crippen LogP contribution in [-0.4, -0.2) is 34.1 Å². The van der Waals surface area contributed by atoms with Crippen LogP contribution in [0.25, 0.3) is 10.8 Å². The smallest absolute Gasteiger partial charge is 0.372 e. The summed E-state index contributed by atoms with van der Waals surface area (Å²) in [5.41, 5.74) is -13.0. The Morgan fingerprint density at radius 3 is 1.82 bits per heavy atom. The molecule has 0 saturated heterocycles.